The molecule has 1 heterocycles. The van der Waals surface area contributed by atoms with Gasteiger partial charge in [-0.1, -0.05) is 11.6 Å². The molecule has 0 unspecified atom stereocenters. The molecule has 0 aromatic heterocycles. The fourth-order valence-corrected chi connectivity index (χ4v) is 3.45. The van der Waals surface area contributed by atoms with Gasteiger partial charge in [-0.3, -0.25) is 0 Å². The van der Waals surface area contributed by atoms with Gasteiger partial charge in [-0.2, -0.15) is 0 Å². The highest BCUT2D eigenvalue weighted by molar-refractivity contribution is 8.13. The van der Waals surface area contributed by atoms with E-state index in [1.165, 1.54) is 6.42 Å². The third kappa shape index (κ3) is 3.77. The predicted octanol–water partition coefficient (Wildman–Crippen LogP) is 3.40. The van der Waals surface area contributed by atoms with E-state index >= 15 is 0 Å². The van der Waals surface area contributed by atoms with Gasteiger partial charge in [0.25, 0.3) is 0 Å². The van der Waals surface area contributed by atoms with Crippen LogP contribution in [0.4, 0.5) is 5.69 Å². The highest BCUT2D eigenvalue weighted by Crippen LogP contribution is 2.29. The van der Waals surface area contributed by atoms with Crippen LogP contribution < -0.4 is 4.90 Å². The number of halogens is 2. The Kier molecular flexibility index (Phi) is 4.41. The standard InChI is InChI=1S/C12H15Cl2NO2S/c13-11-4-5-12(15-6-2-1-3-7-15)10(8-11)9-18(14,16)17/h4-5,8H,1-3,6-7,9H2. The summed E-state index contributed by atoms with van der Waals surface area (Å²) in [4.78, 5) is 2.21. The summed E-state index contributed by atoms with van der Waals surface area (Å²) in [7, 11) is 1.77. The molecule has 1 aliphatic heterocycles. The summed E-state index contributed by atoms with van der Waals surface area (Å²) in [5.41, 5.74) is 1.61. The minimum Gasteiger partial charge on any atom is -0.371 e. The van der Waals surface area contributed by atoms with E-state index in [0.29, 0.717) is 10.6 Å². The minimum absolute atomic E-state index is 0.180. The lowest BCUT2D eigenvalue weighted by molar-refractivity contribution is 0.576. The van der Waals surface area contributed by atoms with Crippen LogP contribution in [0.15, 0.2) is 18.2 Å². The number of anilines is 1. The van der Waals surface area contributed by atoms with Gasteiger partial charge in [-0.25, -0.2) is 8.42 Å². The third-order valence-corrected chi connectivity index (χ3v) is 4.28. The molecule has 3 nitrogen and oxygen atoms in total. The Morgan fingerprint density at radius 1 is 1.17 bits per heavy atom. The van der Waals surface area contributed by atoms with Crippen LogP contribution in [0.3, 0.4) is 0 Å². The van der Waals surface area contributed by atoms with Crippen LogP contribution in [0.25, 0.3) is 0 Å². The molecule has 18 heavy (non-hydrogen) atoms. The van der Waals surface area contributed by atoms with E-state index in [-0.39, 0.29) is 5.75 Å². The molecule has 0 bridgehead atoms. The lowest BCUT2D eigenvalue weighted by atomic mass is 10.1. The van der Waals surface area contributed by atoms with Crippen molar-refractivity contribution in [1.82, 2.24) is 0 Å². The summed E-state index contributed by atoms with van der Waals surface area (Å²) >= 11 is 5.93. The molecule has 100 valence electrons. The topological polar surface area (TPSA) is 37.4 Å². The van der Waals surface area contributed by atoms with E-state index in [1.54, 1.807) is 12.1 Å². The van der Waals surface area contributed by atoms with Crippen molar-refractivity contribution in [2.75, 3.05) is 18.0 Å². The predicted molar refractivity (Wildman–Crippen MR) is 76.0 cm³/mol. The molecule has 0 atom stereocenters. The third-order valence-electron chi connectivity index (χ3n) is 3.07. The summed E-state index contributed by atoms with van der Waals surface area (Å²) in [6.45, 7) is 1.91. The van der Waals surface area contributed by atoms with E-state index in [4.69, 9.17) is 22.3 Å². The van der Waals surface area contributed by atoms with Gasteiger partial charge in [-0.15, -0.1) is 0 Å². The molecule has 0 N–H and O–H groups in total. The minimum atomic E-state index is -3.57. The van der Waals surface area contributed by atoms with Crippen LogP contribution in [-0.2, 0) is 14.8 Å². The Morgan fingerprint density at radius 2 is 1.83 bits per heavy atom. The lowest BCUT2D eigenvalue weighted by Crippen LogP contribution is -2.30. The highest BCUT2D eigenvalue weighted by atomic mass is 35.7. The first-order valence-corrected chi connectivity index (χ1v) is 8.77. The van der Waals surface area contributed by atoms with E-state index < -0.39 is 9.05 Å². The second-order valence-electron chi connectivity index (χ2n) is 4.50. The molecule has 0 spiro atoms. The van der Waals surface area contributed by atoms with Crippen LogP contribution in [0.1, 0.15) is 24.8 Å². The van der Waals surface area contributed by atoms with Gasteiger partial charge >= 0.3 is 0 Å². The maximum atomic E-state index is 11.3. The van der Waals surface area contributed by atoms with Crippen molar-refractivity contribution in [2.45, 2.75) is 25.0 Å². The van der Waals surface area contributed by atoms with Crippen LogP contribution >= 0.6 is 22.3 Å². The van der Waals surface area contributed by atoms with E-state index in [0.717, 1.165) is 31.6 Å². The van der Waals surface area contributed by atoms with Crippen LogP contribution in [-0.4, -0.2) is 21.5 Å². The van der Waals surface area contributed by atoms with Gasteiger partial charge in [0.2, 0.25) is 9.05 Å². The molecule has 2 rings (SSSR count). The fourth-order valence-electron chi connectivity index (χ4n) is 2.30. The smallest absolute Gasteiger partial charge is 0.236 e. The van der Waals surface area contributed by atoms with Crippen molar-refractivity contribution < 1.29 is 8.42 Å². The zero-order valence-electron chi connectivity index (χ0n) is 9.90. The number of hydrogen-bond acceptors (Lipinski definition) is 3. The maximum absolute atomic E-state index is 11.3. The largest absolute Gasteiger partial charge is 0.371 e. The molecule has 0 aliphatic carbocycles. The van der Waals surface area contributed by atoms with Crippen molar-refractivity contribution in [3.63, 3.8) is 0 Å². The SMILES string of the molecule is O=S(=O)(Cl)Cc1cc(Cl)ccc1N1CCCCC1. The second kappa shape index (κ2) is 5.68. The first kappa shape index (κ1) is 14.0. The van der Waals surface area contributed by atoms with Crippen molar-refractivity contribution in [2.24, 2.45) is 0 Å². The van der Waals surface area contributed by atoms with Crippen molar-refractivity contribution >= 4 is 37.0 Å². The van der Waals surface area contributed by atoms with Gasteiger partial charge in [0.15, 0.2) is 0 Å². The van der Waals surface area contributed by atoms with Crippen molar-refractivity contribution in [1.29, 1.82) is 0 Å². The maximum Gasteiger partial charge on any atom is 0.236 e. The lowest BCUT2D eigenvalue weighted by Gasteiger charge is -2.30. The summed E-state index contributed by atoms with van der Waals surface area (Å²) in [6, 6.07) is 5.35. The average Bonchev–Trinajstić information content (AvgIpc) is 2.28. The molecule has 1 aromatic carbocycles. The molecule has 0 amide bonds. The Hall–Kier alpha value is -0.450. The molecule has 1 aromatic rings. The molecule has 1 saturated heterocycles. The summed E-state index contributed by atoms with van der Waals surface area (Å²) in [5, 5.41) is 0.533. The number of piperidine rings is 1. The van der Waals surface area contributed by atoms with E-state index in [9.17, 15) is 8.42 Å². The van der Waals surface area contributed by atoms with Gasteiger partial charge < -0.3 is 4.90 Å². The Balaban J connectivity index is 2.33. The van der Waals surface area contributed by atoms with Gasteiger partial charge in [-0.05, 0) is 43.0 Å². The highest BCUT2D eigenvalue weighted by Gasteiger charge is 2.18. The molecular formula is C12H15Cl2NO2S. The molecule has 1 aliphatic rings. The molecule has 0 saturated carbocycles. The first-order valence-electron chi connectivity index (χ1n) is 5.91. The van der Waals surface area contributed by atoms with Gasteiger partial charge in [0.1, 0.15) is 0 Å². The number of hydrogen-bond donors (Lipinski definition) is 0. The van der Waals surface area contributed by atoms with Crippen LogP contribution in [0.5, 0.6) is 0 Å². The second-order valence-corrected chi connectivity index (χ2v) is 7.72. The summed E-state index contributed by atoms with van der Waals surface area (Å²) in [5.74, 6) is -0.180. The van der Waals surface area contributed by atoms with Gasteiger partial charge in [0, 0.05) is 34.5 Å². The molecular weight excluding hydrogens is 293 g/mol. The fraction of sp³-hybridized carbons (Fsp3) is 0.500. The number of benzene rings is 1. The summed E-state index contributed by atoms with van der Waals surface area (Å²) in [6.07, 6.45) is 3.50. The van der Waals surface area contributed by atoms with Crippen molar-refractivity contribution in [3.8, 4) is 0 Å². The Labute approximate surface area is 117 Å². The van der Waals surface area contributed by atoms with E-state index in [2.05, 4.69) is 4.90 Å². The quantitative estimate of drug-likeness (QED) is 0.803. The number of nitrogens with zero attached hydrogens (tertiary/aromatic N) is 1. The zero-order chi connectivity index (χ0) is 13.2. The van der Waals surface area contributed by atoms with Crippen LogP contribution in [0.2, 0.25) is 5.02 Å². The molecule has 0 radical (unpaired) electrons. The normalized spacial score (nSPS) is 16.9. The molecule has 1 fully saturated rings. The van der Waals surface area contributed by atoms with E-state index in [1.807, 2.05) is 6.07 Å². The zero-order valence-corrected chi connectivity index (χ0v) is 12.2. The Bertz CT molecular complexity index is 525. The monoisotopic (exact) mass is 307 g/mol. The molecule has 6 heteroatoms. The Morgan fingerprint density at radius 3 is 2.44 bits per heavy atom. The average molecular weight is 308 g/mol. The summed E-state index contributed by atoms with van der Waals surface area (Å²) < 4.78 is 22.5. The van der Waals surface area contributed by atoms with Gasteiger partial charge in [0.05, 0.1) is 5.75 Å². The van der Waals surface area contributed by atoms with Crippen molar-refractivity contribution in [3.05, 3.63) is 28.8 Å². The van der Waals surface area contributed by atoms with Crippen LogP contribution in [0, 0.1) is 0 Å². The number of rotatable bonds is 3. The first-order chi connectivity index (χ1) is 8.46.